The van der Waals surface area contributed by atoms with Crippen molar-refractivity contribution in [1.82, 2.24) is 19.1 Å². The number of benzene rings is 1. The first kappa shape index (κ1) is 20.8. The number of aromatic nitrogens is 3. The van der Waals surface area contributed by atoms with E-state index in [4.69, 9.17) is 5.11 Å². The van der Waals surface area contributed by atoms with E-state index in [0.29, 0.717) is 38.8 Å². The zero-order valence-electron chi connectivity index (χ0n) is 17.0. The summed E-state index contributed by atoms with van der Waals surface area (Å²) < 4.78 is 2.38. The van der Waals surface area contributed by atoms with Gasteiger partial charge in [0.05, 0.1) is 12.1 Å². The average Bonchev–Trinajstić information content (AvgIpc) is 3.20. The molecular formula is C22H24N4O5. The lowest BCUT2D eigenvalue weighted by molar-refractivity contribution is -0.135. The number of aromatic carboxylic acids is 1. The number of aliphatic hydroxyl groups is 1. The summed E-state index contributed by atoms with van der Waals surface area (Å²) in [5, 5.41) is 24.2. The molecule has 0 atom stereocenters. The van der Waals surface area contributed by atoms with Crippen molar-refractivity contribution >= 4 is 17.4 Å². The van der Waals surface area contributed by atoms with Gasteiger partial charge in [-0.1, -0.05) is 30.3 Å². The van der Waals surface area contributed by atoms with Crippen LogP contribution >= 0.6 is 0 Å². The molecule has 1 aromatic carbocycles. The van der Waals surface area contributed by atoms with Crippen LogP contribution in [0.15, 0.2) is 53.6 Å². The molecule has 162 valence electrons. The fraction of sp³-hybridized carbons (Fsp3) is 0.364. The van der Waals surface area contributed by atoms with E-state index >= 15 is 0 Å². The molecule has 1 aliphatic rings. The molecule has 31 heavy (non-hydrogen) atoms. The normalized spacial score (nSPS) is 15.8. The molecule has 1 amide bonds. The van der Waals surface area contributed by atoms with Gasteiger partial charge in [-0.3, -0.25) is 14.2 Å². The van der Waals surface area contributed by atoms with Crippen molar-refractivity contribution in [3.05, 3.63) is 70.4 Å². The highest BCUT2D eigenvalue weighted by atomic mass is 16.4. The largest absolute Gasteiger partial charge is 0.477 e. The first-order valence-electron chi connectivity index (χ1n) is 10.2. The number of fused-ring (bicyclic) bond motifs is 1. The Morgan fingerprint density at radius 1 is 1.06 bits per heavy atom. The first-order chi connectivity index (χ1) is 14.9. The van der Waals surface area contributed by atoms with Crippen LogP contribution in [0, 0.1) is 0 Å². The number of hydrogen-bond acceptors (Lipinski definition) is 5. The van der Waals surface area contributed by atoms with Crippen molar-refractivity contribution in [3.63, 3.8) is 0 Å². The molecule has 1 aliphatic heterocycles. The zero-order valence-corrected chi connectivity index (χ0v) is 17.0. The number of rotatable bonds is 6. The number of carbonyl (C=O) groups excluding carboxylic acids is 1. The van der Waals surface area contributed by atoms with Crippen LogP contribution in [0.1, 0.15) is 35.3 Å². The van der Waals surface area contributed by atoms with Gasteiger partial charge in [-0.25, -0.2) is 9.31 Å². The summed E-state index contributed by atoms with van der Waals surface area (Å²) in [6.07, 6.45) is 3.04. The summed E-state index contributed by atoms with van der Waals surface area (Å²) in [6.45, 7) is 0.876. The number of carbonyl (C=O) groups is 2. The number of amides is 1. The SMILES string of the molecule is O=C(O)c1ccc2c(=O)n(CC3(O)CCN(C(=O)CCc4ccccc4)CC3)cnn12. The van der Waals surface area contributed by atoms with Crippen molar-refractivity contribution in [1.29, 1.82) is 0 Å². The molecule has 0 unspecified atom stereocenters. The second kappa shape index (κ2) is 8.35. The maximum atomic E-state index is 12.7. The minimum Gasteiger partial charge on any atom is -0.477 e. The Labute approximate surface area is 178 Å². The number of nitrogens with zero attached hydrogens (tertiary/aromatic N) is 4. The van der Waals surface area contributed by atoms with E-state index < -0.39 is 17.1 Å². The van der Waals surface area contributed by atoms with Gasteiger partial charge in [0.25, 0.3) is 5.56 Å². The molecule has 0 spiro atoms. The third kappa shape index (κ3) is 4.36. The van der Waals surface area contributed by atoms with Crippen molar-refractivity contribution in [2.45, 2.75) is 37.8 Å². The topological polar surface area (TPSA) is 117 Å². The minimum atomic E-state index is -1.17. The van der Waals surface area contributed by atoms with E-state index in [2.05, 4.69) is 5.10 Å². The van der Waals surface area contributed by atoms with E-state index in [1.165, 1.54) is 23.0 Å². The summed E-state index contributed by atoms with van der Waals surface area (Å²) in [6, 6.07) is 12.6. The maximum absolute atomic E-state index is 12.7. The molecule has 2 aromatic heterocycles. The molecule has 0 bridgehead atoms. The quantitative estimate of drug-likeness (QED) is 0.614. The number of carboxylic acids is 1. The molecule has 0 saturated carbocycles. The van der Waals surface area contributed by atoms with Crippen LogP contribution in [0.25, 0.3) is 5.52 Å². The number of piperidine rings is 1. The highest BCUT2D eigenvalue weighted by Gasteiger charge is 2.34. The standard InChI is InChI=1S/C22H24N4O5/c27-19(9-6-16-4-2-1-3-5-16)24-12-10-22(31,11-13-24)14-25-15-23-26-17(20(25)28)7-8-18(26)21(29)30/h1-5,7-8,15,31H,6,9-14H2,(H,29,30). The summed E-state index contributed by atoms with van der Waals surface area (Å²) in [5.41, 5.74) is -0.403. The number of aryl methyl sites for hydroxylation is 1. The van der Waals surface area contributed by atoms with Gasteiger partial charge < -0.3 is 15.1 Å². The van der Waals surface area contributed by atoms with Crippen LogP contribution in [0.4, 0.5) is 0 Å². The summed E-state index contributed by atoms with van der Waals surface area (Å²) in [4.78, 5) is 38.2. The molecule has 0 aliphatic carbocycles. The molecule has 2 N–H and O–H groups in total. The fourth-order valence-corrected chi connectivity index (χ4v) is 4.00. The highest BCUT2D eigenvalue weighted by Crippen LogP contribution is 2.24. The Balaban J connectivity index is 1.38. The van der Waals surface area contributed by atoms with Gasteiger partial charge in [0.1, 0.15) is 11.8 Å². The molecule has 9 nitrogen and oxygen atoms in total. The summed E-state index contributed by atoms with van der Waals surface area (Å²) in [5.74, 6) is -1.12. The molecule has 4 rings (SSSR count). The van der Waals surface area contributed by atoms with E-state index in [1.54, 1.807) is 4.90 Å². The van der Waals surface area contributed by atoms with Crippen LogP contribution in [-0.2, 0) is 17.8 Å². The van der Waals surface area contributed by atoms with Gasteiger partial charge in [-0.15, -0.1) is 0 Å². The molecule has 9 heteroatoms. The second-order valence-electron chi connectivity index (χ2n) is 7.98. The third-order valence-corrected chi connectivity index (χ3v) is 5.84. The van der Waals surface area contributed by atoms with Gasteiger partial charge >= 0.3 is 5.97 Å². The maximum Gasteiger partial charge on any atom is 0.354 e. The Morgan fingerprint density at radius 3 is 2.45 bits per heavy atom. The van der Waals surface area contributed by atoms with E-state index in [0.717, 1.165) is 10.1 Å². The molecular weight excluding hydrogens is 400 g/mol. The lowest BCUT2D eigenvalue weighted by Gasteiger charge is -2.38. The van der Waals surface area contributed by atoms with Crippen LogP contribution in [0.2, 0.25) is 0 Å². The van der Waals surface area contributed by atoms with Gasteiger partial charge in [0.2, 0.25) is 5.91 Å². The lowest BCUT2D eigenvalue weighted by atomic mass is 9.91. The number of likely N-dealkylation sites (tertiary alicyclic amines) is 1. The van der Waals surface area contributed by atoms with Crippen LogP contribution in [0.5, 0.6) is 0 Å². The predicted octanol–water partition coefficient (Wildman–Crippen LogP) is 1.18. The fourth-order valence-electron chi connectivity index (χ4n) is 4.00. The Hall–Kier alpha value is -3.46. The molecule has 1 fully saturated rings. The van der Waals surface area contributed by atoms with Crippen molar-refractivity contribution in [3.8, 4) is 0 Å². The molecule has 1 saturated heterocycles. The zero-order chi connectivity index (χ0) is 22.0. The monoisotopic (exact) mass is 424 g/mol. The van der Waals surface area contributed by atoms with Crippen molar-refractivity contribution in [2.24, 2.45) is 0 Å². The van der Waals surface area contributed by atoms with Crippen LogP contribution in [0.3, 0.4) is 0 Å². The van der Waals surface area contributed by atoms with Gasteiger partial charge in [0, 0.05) is 19.5 Å². The van der Waals surface area contributed by atoms with Gasteiger partial charge in [-0.2, -0.15) is 5.10 Å². The third-order valence-electron chi connectivity index (χ3n) is 5.84. The van der Waals surface area contributed by atoms with Crippen molar-refractivity contribution < 1.29 is 19.8 Å². The van der Waals surface area contributed by atoms with E-state index in [-0.39, 0.29) is 23.7 Å². The molecule has 3 aromatic rings. The summed E-state index contributed by atoms with van der Waals surface area (Å²) >= 11 is 0. The number of hydrogen-bond donors (Lipinski definition) is 2. The van der Waals surface area contributed by atoms with Gasteiger partial charge in [0.15, 0.2) is 5.69 Å². The second-order valence-corrected chi connectivity index (χ2v) is 7.98. The Bertz CT molecular complexity index is 1160. The van der Waals surface area contributed by atoms with E-state index in [1.807, 2.05) is 30.3 Å². The predicted molar refractivity (Wildman–Crippen MR) is 112 cm³/mol. The van der Waals surface area contributed by atoms with Gasteiger partial charge in [-0.05, 0) is 37.0 Å². The number of carboxylic acid groups (broad SMARTS) is 1. The van der Waals surface area contributed by atoms with Crippen molar-refractivity contribution in [2.75, 3.05) is 13.1 Å². The Kier molecular flexibility index (Phi) is 5.60. The molecule has 3 heterocycles. The Morgan fingerprint density at radius 2 is 1.77 bits per heavy atom. The smallest absolute Gasteiger partial charge is 0.354 e. The molecule has 0 radical (unpaired) electrons. The van der Waals surface area contributed by atoms with Crippen LogP contribution in [-0.4, -0.2) is 59.9 Å². The average molecular weight is 424 g/mol. The van der Waals surface area contributed by atoms with Crippen LogP contribution < -0.4 is 5.56 Å². The van der Waals surface area contributed by atoms with E-state index in [9.17, 15) is 19.5 Å². The highest BCUT2D eigenvalue weighted by molar-refractivity contribution is 5.87. The summed E-state index contributed by atoms with van der Waals surface area (Å²) in [7, 11) is 0. The first-order valence-corrected chi connectivity index (χ1v) is 10.2. The lowest BCUT2D eigenvalue weighted by Crippen LogP contribution is -2.49. The minimum absolute atomic E-state index is 0.0367.